The molecular weight excluding hydrogens is 1400 g/mol. The van der Waals surface area contributed by atoms with Crippen molar-refractivity contribution in [2.45, 2.75) is 389 Å². The normalized spacial score (nSPS) is 48.8. The van der Waals surface area contributed by atoms with Crippen LogP contribution in [-0.2, 0) is 47.7 Å². The summed E-state index contributed by atoms with van der Waals surface area (Å²) < 4.78 is 27.2. The highest BCUT2D eigenvalue weighted by Crippen LogP contribution is 2.68. The Hall–Kier alpha value is -4.45. The van der Waals surface area contributed by atoms with Gasteiger partial charge in [-0.2, -0.15) is 0 Å². The number of carbonyl (C=O) groups excluding carboxylic acids is 5. The van der Waals surface area contributed by atoms with Crippen LogP contribution in [0, 0.1) is 62.1 Å². The summed E-state index contributed by atoms with van der Waals surface area (Å²) >= 11 is 0. The predicted molar refractivity (Wildman–Crippen MR) is 414 cm³/mol. The van der Waals surface area contributed by atoms with E-state index in [1.54, 1.807) is 13.8 Å². The van der Waals surface area contributed by atoms with E-state index in [-0.39, 0.29) is 45.4 Å². The lowest BCUT2D eigenvalue weighted by Crippen LogP contribution is -2.73. The molecule has 12 aliphatic carbocycles. The SMILES string of the molecule is C=C1C(=O)O[C@@H]2[C@@]1(O)CC[C@@]1(C)CCCC(=C)[C@]21O.C=C1C(=O)O[C@@H]2[C@@]1(O)CC[C@@]1(C)CCCC3(CO3)[C@]21O.C=C1C(=O)O[C@H]2C3=C(C)C(=O)CC[C@]3(C)CC[C@@]12O.CC(C)(O)[C@@H]1CC[C@@]2(C)CCC[C@@](C)(O)[C@@H]2C1.CC(C)(O)[C@@H]1CC[C@@]2(C)CCC[C@@](C)(O)[C@@H]2C1.CC1=C2[C@@H]3OC(=O)[C@H](C)[C@]3(O)CC[C@@]2(C)CCC1. The average Bonchev–Trinajstić information content (AvgIpc) is 1.49. The maximum absolute atomic E-state index is 11.9. The lowest BCUT2D eigenvalue weighted by molar-refractivity contribution is -0.268. The molecule has 1 unspecified atom stereocenters. The van der Waals surface area contributed by atoms with E-state index in [2.05, 4.69) is 60.9 Å². The summed E-state index contributed by atoms with van der Waals surface area (Å²) in [7, 11) is 0. The van der Waals surface area contributed by atoms with Crippen LogP contribution in [0.4, 0.5) is 0 Å². The zero-order chi connectivity index (χ0) is 81.4. The Morgan fingerprint density at radius 3 is 1.44 bits per heavy atom. The first-order chi connectivity index (χ1) is 50.5. The van der Waals surface area contributed by atoms with Crippen molar-refractivity contribution < 1.29 is 98.7 Å². The topological polar surface area (TPSA) is 337 Å². The number of ketones is 1. The van der Waals surface area contributed by atoms with E-state index >= 15 is 0 Å². The summed E-state index contributed by atoms with van der Waals surface area (Å²) in [6.07, 6.45) is 24.8. The molecule has 1 spiro atoms. The largest absolute Gasteiger partial charge is 0.454 e. The lowest BCUT2D eigenvalue weighted by Gasteiger charge is -2.59. The summed E-state index contributed by atoms with van der Waals surface area (Å²) in [5.41, 5.74) is -6.13. The van der Waals surface area contributed by atoms with Gasteiger partial charge in [0.1, 0.15) is 39.2 Å². The van der Waals surface area contributed by atoms with E-state index < -0.39 is 115 Å². The van der Waals surface area contributed by atoms with Gasteiger partial charge < -0.3 is 74.7 Å². The first kappa shape index (κ1) is 84.9. The third-order valence-electron chi connectivity index (χ3n) is 33.7. The molecule has 10 N–H and O–H groups in total. The average molecular weight is 1540 g/mol. The summed E-state index contributed by atoms with van der Waals surface area (Å²) in [5.74, 6) is -0.912. The quantitative estimate of drug-likeness (QED) is 0.0404. The van der Waals surface area contributed by atoms with Crippen LogP contribution in [0.2, 0.25) is 0 Å². The highest BCUT2D eigenvalue weighted by Gasteiger charge is 2.80. The van der Waals surface area contributed by atoms with Crippen molar-refractivity contribution in [1.29, 1.82) is 0 Å². The molecule has 20 nitrogen and oxygen atoms in total. The van der Waals surface area contributed by atoms with Gasteiger partial charge in [0.05, 0.1) is 51.6 Å². The van der Waals surface area contributed by atoms with Crippen LogP contribution < -0.4 is 0 Å². The van der Waals surface area contributed by atoms with E-state index in [4.69, 9.17) is 23.7 Å². The first-order valence-electron chi connectivity index (χ1n) is 42.0. The number of hydrogen-bond acceptors (Lipinski definition) is 20. The molecule has 20 heteroatoms. The zero-order valence-electron chi connectivity index (χ0n) is 69.2. The smallest absolute Gasteiger partial charge is 0.337 e. The number of carbonyl (C=O) groups is 5. The molecule has 5 heterocycles. The molecule has 0 amide bonds. The Kier molecular flexibility index (Phi) is 21.5. The molecule has 0 radical (unpaired) electrons. The second kappa shape index (κ2) is 27.9. The number of epoxide rings is 1. The molecule has 0 aromatic heterocycles. The van der Waals surface area contributed by atoms with Crippen molar-refractivity contribution in [3.8, 4) is 0 Å². The van der Waals surface area contributed by atoms with E-state index in [0.29, 0.717) is 104 Å². The summed E-state index contributed by atoms with van der Waals surface area (Å²) in [6, 6.07) is 0. The van der Waals surface area contributed by atoms with Crippen LogP contribution in [0.1, 0.15) is 303 Å². The second-order valence-electron chi connectivity index (χ2n) is 41.6. The Balaban J connectivity index is 0.000000123. The summed E-state index contributed by atoms with van der Waals surface area (Å²) in [4.78, 5) is 59.1. The maximum Gasteiger partial charge on any atom is 0.337 e. The van der Waals surface area contributed by atoms with Gasteiger partial charge in [0.2, 0.25) is 0 Å². The summed E-state index contributed by atoms with van der Waals surface area (Å²) in [5, 5.41) is 108. The number of Topliss-reactive ketones (excluding diaryl/α,β-unsaturated/α-hetero) is 1. The van der Waals surface area contributed by atoms with Crippen molar-refractivity contribution in [2.75, 3.05) is 6.61 Å². The van der Waals surface area contributed by atoms with Gasteiger partial charge >= 0.3 is 23.9 Å². The fourth-order valence-electron chi connectivity index (χ4n) is 25.5. The Bertz CT molecular complexity index is 3760. The molecule has 17 aliphatic rings. The number of rotatable bonds is 2. The molecule has 616 valence electrons. The second-order valence-corrected chi connectivity index (χ2v) is 41.6. The van der Waals surface area contributed by atoms with Crippen molar-refractivity contribution in [3.63, 3.8) is 0 Å². The monoisotopic (exact) mass is 1540 g/mol. The minimum atomic E-state index is -1.46. The molecule has 24 atom stereocenters. The van der Waals surface area contributed by atoms with Gasteiger partial charge in [-0.15, -0.1) is 0 Å². The van der Waals surface area contributed by atoms with E-state index in [9.17, 15) is 75.0 Å². The Morgan fingerprint density at radius 2 is 0.900 bits per heavy atom. The number of hydrogen-bond donors (Lipinski definition) is 10. The van der Waals surface area contributed by atoms with Crippen LogP contribution in [-0.4, -0.2) is 173 Å². The van der Waals surface area contributed by atoms with Gasteiger partial charge in [-0.3, -0.25) is 9.59 Å². The number of esters is 4. The molecule has 17 rings (SSSR count). The Morgan fingerprint density at radius 1 is 0.445 bits per heavy atom. The lowest BCUT2D eigenvalue weighted by atomic mass is 9.49. The molecule has 5 aliphatic heterocycles. The molecule has 0 bridgehead atoms. The number of aliphatic hydroxyl groups is 10. The van der Waals surface area contributed by atoms with Crippen molar-refractivity contribution >= 4 is 29.7 Å². The molecule has 0 aromatic carbocycles. The highest BCUT2D eigenvalue weighted by atomic mass is 16.6. The first-order valence-corrected chi connectivity index (χ1v) is 42.0. The standard InChI is InChI=1S/C15H20O5.C15H18O4.C15H20O4.C15H22O3.2C15H28O2/c1-9-10(16)20-11-14(9,17)7-6-12(2)4-3-5-13(8-19-13)15(11,12)18;1-8-10(16)4-5-14(3)6-7-15(18)9(2)13(17)19-12(15)11(8)14;1-9-5-4-6-13(3)7-8-14(17)10(2)11(16)19-12(14)15(9,13)18;1-9-5-4-6-14(3)7-8-15(17)10(2)13(16)18-12(15)11(9)14;2*1-13(2,16)11-6-9-14(3)7-5-8-15(4,17)12(14)10-11/h11,17-18H,1,3-8H2,2H3;12,18H,2,4-7H2,1,3H3;12,17-18H,1-2,4-8H2,3H3;10,12,17H,4-8H2,1-3H3;2*11-12,16-17H,5-10H2,1-4H3/t11-,12-,13?,14-,15+;12-,14+,15+;12-,13-,14-,15+;10-,12-,14+,15+;2*11-,12-,14-,15-/m101011/s1. The van der Waals surface area contributed by atoms with Crippen molar-refractivity contribution in [3.05, 3.63) is 70.9 Å². The fourth-order valence-corrected chi connectivity index (χ4v) is 25.5. The summed E-state index contributed by atoms with van der Waals surface area (Å²) in [6.45, 7) is 45.8. The minimum absolute atomic E-state index is 0.0614. The van der Waals surface area contributed by atoms with Crippen LogP contribution in [0.15, 0.2) is 70.9 Å². The van der Waals surface area contributed by atoms with Gasteiger partial charge in [0, 0.05) is 17.3 Å². The van der Waals surface area contributed by atoms with Crippen LogP contribution in [0.5, 0.6) is 0 Å². The van der Waals surface area contributed by atoms with Crippen molar-refractivity contribution in [1.82, 2.24) is 0 Å². The van der Waals surface area contributed by atoms with Gasteiger partial charge in [-0.1, -0.05) is 86.3 Å². The molecule has 0 aromatic rings. The third kappa shape index (κ3) is 13.4. The third-order valence-corrected chi connectivity index (χ3v) is 33.7. The number of allylic oxidation sites excluding steroid dienone is 2. The van der Waals surface area contributed by atoms with Gasteiger partial charge in [-0.25, -0.2) is 14.4 Å². The number of fused-ring (bicyclic) bond motifs is 15. The van der Waals surface area contributed by atoms with Gasteiger partial charge in [0.25, 0.3) is 0 Å². The Labute approximate surface area is 653 Å². The van der Waals surface area contributed by atoms with Crippen LogP contribution in [0.25, 0.3) is 0 Å². The molecule has 5 saturated heterocycles. The van der Waals surface area contributed by atoms with E-state index in [0.717, 1.165) is 134 Å². The fraction of sp³-hybridized carbons (Fsp3) is 0.811. The molecule has 110 heavy (non-hydrogen) atoms. The highest BCUT2D eigenvalue weighted by molar-refractivity contribution is 5.99. The molecule has 15 fully saturated rings. The van der Waals surface area contributed by atoms with Crippen molar-refractivity contribution in [2.24, 2.45) is 62.1 Å². The van der Waals surface area contributed by atoms with Crippen LogP contribution >= 0.6 is 0 Å². The van der Waals surface area contributed by atoms with Gasteiger partial charge in [0.15, 0.2) is 30.2 Å². The van der Waals surface area contributed by atoms with E-state index in [1.165, 1.54) is 30.4 Å². The number of ether oxygens (including phenoxy) is 5. The van der Waals surface area contributed by atoms with E-state index in [1.807, 2.05) is 55.4 Å². The minimum Gasteiger partial charge on any atom is -0.454 e. The predicted octanol–water partition coefficient (Wildman–Crippen LogP) is 12.6. The zero-order valence-corrected chi connectivity index (χ0v) is 69.2. The van der Waals surface area contributed by atoms with Crippen LogP contribution in [0.3, 0.4) is 0 Å². The maximum atomic E-state index is 11.9. The molecular formula is C90H136O20. The molecule has 10 saturated carbocycles. The van der Waals surface area contributed by atoms with Gasteiger partial charge in [-0.05, 0) is 310 Å².